The third-order valence-electron chi connectivity index (χ3n) is 17.5. The molecule has 0 aromatic rings. The minimum atomic E-state index is -4.78. The van der Waals surface area contributed by atoms with E-state index in [1.165, 1.54) is 73.0 Å². The van der Waals surface area contributed by atoms with Gasteiger partial charge in [0.25, 0.3) is 0 Å². The second-order valence-corrected chi connectivity index (χ2v) is 27.3. The number of amides is 11. The summed E-state index contributed by atoms with van der Waals surface area (Å²) in [6.45, 7) is 16.8. The van der Waals surface area contributed by atoms with E-state index in [-0.39, 0.29) is 82.0 Å². The molecule has 2 fully saturated rings. The molecule has 1 saturated heterocycles. The quantitative estimate of drug-likeness (QED) is 0.110. The van der Waals surface area contributed by atoms with Crippen LogP contribution in [0.25, 0.3) is 0 Å². The summed E-state index contributed by atoms with van der Waals surface area (Å²) in [7, 11) is 9.19. The van der Waals surface area contributed by atoms with Gasteiger partial charge in [0.1, 0.15) is 48.0 Å². The zero-order valence-corrected chi connectivity index (χ0v) is 57.1. The van der Waals surface area contributed by atoms with Crippen LogP contribution in [-0.2, 0) is 52.7 Å². The van der Waals surface area contributed by atoms with Gasteiger partial charge in [-0.05, 0) is 115 Å². The number of nitrogens with one attached hydrogen (secondary N) is 4. The molecule has 28 heteroatoms. The molecule has 0 spiro atoms. The molecule has 1 heterocycles. The maximum absolute atomic E-state index is 15.1. The molecular weight excluding hydrogens is 1200 g/mol. The van der Waals surface area contributed by atoms with Gasteiger partial charge in [-0.15, -0.1) is 0 Å². The molecule has 0 bridgehead atoms. The van der Waals surface area contributed by atoms with E-state index in [9.17, 15) is 74.7 Å². The van der Waals surface area contributed by atoms with Crippen LogP contribution >= 0.6 is 0 Å². The molecule has 3 unspecified atom stereocenters. The van der Waals surface area contributed by atoms with Crippen molar-refractivity contribution >= 4 is 65.0 Å². The normalized spacial score (nSPS) is 27.3. The van der Waals surface area contributed by atoms with Gasteiger partial charge in [-0.3, -0.25) is 52.7 Å². The molecular formula is C63H107F6N11O11. The Balaban J connectivity index is 2.85. The number of unbranched alkanes of at least 4 members (excludes halogenated alkanes) is 1. The standard InChI is InChI=1S/C63H107F6N11O11/c1-19-39(8)54-60(90)76(14)34-52(83)74(12)35-53(84)77(15)45(22-20-21-23-49(65)66)59(89)75(13)33-50(81)71-44(27-25-41-24-26-42(43(64)32-41)63(67,68)69)58(88)79(17)48(30-38(6)7)57(87)73-62(10,11)61(91)80(18)47(29-37(4)5)55(85)70-40(9)31-51(82)78(16)46(28-36(2)3)56(86)72-54/h36-49,54H,19-35H2,1-18H3,(H,70,85)(H,71,81)(H,72,86)(H,73,87)/t39-,40+,41?,42?,43?,44-,45-,46-,47-,48-,54-/m0/s1. The van der Waals surface area contributed by atoms with Crippen LogP contribution in [0, 0.1) is 35.5 Å². The molecule has 0 radical (unpaired) electrons. The fourth-order valence-electron chi connectivity index (χ4n) is 11.6. The zero-order chi connectivity index (χ0) is 69.9. The Labute approximate surface area is 535 Å². The van der Waals surface area contributed by atoms with Gasteiger partial charge in [-0.25, -0.2) is 13.2 Å². The van der Waals surface area contributed by atoms with Crippen LogP contribution < -0.4 is 21.3 Å². The van der Waals surface area contributed by atoms with E-state index in [1.807, 2.05) is 27.7 Å². The lowest BCUT2D eigenvalue weighted by atomic mass is 9.78. The molecule has 11 atom stereocenters. The van der Waals surface area contributed by atoms with Gasteiger partial charge in [0.15, 0.2) is 0 Å². The molecule has 4 N–H and O–H groups in total. The van der Waals surface area contributed by atoms with Gasteiger partial charge in [-0.2, -0.15) is 13.2 Å². The first kappa shape index (κ1) is 80.8. The van der Waals surface area contributed by atoms with E-state index < -0.39 is 188 Å². The molecule has 1 aliphatic carbocycles. The van der Waals surface area contributed by atoms with E-state index in [0.717, 1.165) is 24.5 Å². The van der Waals surface area contributed by atoms with Gasteiger partial charge >= 0.3 is 6.18 Å². The van der Waals surface area contributed by atoms with Crippen LogP contribution in [0.1, 0.15) is 166 Å². The minimum Gasteiger partial charge on any atom is -0.351 e. The summed E-state index contributed by atoms with van der Waals surface area (Å²) in [6, 6.07) is -8.58. The summed E-state index contributed by atoms with van der Waals surface area (Å²) in [5.41, 5.74) is -1.77. The summed E-state index contributed by atoms with van der Waals surface area (Å²) >= 11 is 0. The van der Waals surface area contributed by atoms with Crippen LogP contribution in [0.15, 0.2) is 0 Å². The van der Waals surface area contributed by atoms with Crippen LogP contribution in [0.5, 0.6) is 0 Å². The second-order valence-electron chi connectivity index (χ2n) is 27.3. The maximum Gasteiger partial charge on any atom is 0.394 e. The fraction of sp³-hybridized carbons (Fsp3) is 0.825. The van der Waals surface area contributed by atoms with Crippen molar-refractivity contribution < 1.29 is 79.1 Å². The Morgan fingerprint density at radius 3 is 1.58 bits per heavy atom. The first-order chi connectivity index (χ1) is 42.0. The first-order valence-electron chi connectivity index (χ1n) is 32.0. The second kappa shape index (κ2) is 36.3. The smallest absolute Gasteiger partial charge is 0.351 e. The average Bonchev–Trinajstić information content (AvgIpc) is 0.912. The number of carbonyl (C=O) groups excluding carboxylic acids is 11. The van der Waals surface area contributed by atoms with Gasteiger partial charge < -0.3 is 55.6 Å². The lowest BCUT2D eigenvalue weighted by Gasteiger charge is -2.38. The molecule has 1 saturated carbocycles. The molecule has 2 aliphatic rings. The maximum atomic E-state index is 15.1. The lowest BCUT2D eigenvalue weighted by Crippen LogP contribution is -2.63. The molecule has 0 aromatic heterocycles. The summed E-state index contributed by atoms with van der Waals surface area (Å²) in [5, 5.41) is 11.0. The van der Waals surface area contributed by atoms with Crippen LogP contribution in [-0.4, -0.2) is 235 Å². The van der Waals surface area contributed by atoms with Crippen molar-refractivity contribution in [2.45, 2.75) is 233 Å². The van der Waals surface area contributed by atoms with Crippen molar-refractivity contribution in [1.29, 1.82) is 0 Å². The summed E-state index contributed by atoms with van der Waals surface area (Å²) in [4.78, 5) is 165. The number of rotatable bonds is 16. The van der Waals surface area contributed by atoms with Gasteiger partial charge in [0.2, 0.25) is 71.4 Å². The van der Waals surface area contributed by atoms with Crippen LogP contribution in [0.2, 0.25) is 0 Å². The molecule has 0 aromatic carbocycles. The number of carbonyl (C=O) groups is 11. The highest BCUT2D eigenvalue weighted by Crippen LogP contribution is 2.42. The largest absolute Gasteiger partial charge is 0.394 e. The van der Waals surface area contributed by atoms with E-state index in [1.54, 1.807) is 34.6 Å². The van der Waals surface area contributed by atoms with Crippen molar-refractivity contribution in [2.24, 2.45) is 35.5 Å². The van der Waals surface area contributed by atoms with Crippen molar-refractivity contribution in [3.63, 3.8) is 0 Å². The number of hydrogen-bond acceptors (Lipinski definition) is 11. The van der Waals surface area contributed by atoms with Crippen molar-refractivity contribution in [1.82, 2.24) is 55.6 Å². The third-order valence-corrected chi connectivity index (χ3v) is 17.5. The van der Waals surface area contributed by atoms with E-state index >= 15 is 4.39 Å². The zero-order valence-electron chi connectivity index (χ0n) is 57.1. The Morgan fingerprint density at radius 2 is 1.07 bits per heavy atom. The fourth-order valence-corrected chi connectivity index (χ4v) is 11.6. The molecule has 2 rings (SSSR count). The Hall–Kier alpha value is -6.25. The number of nitrogens with zero attached hydrogens (tertiary/aromatic N) is 7. The van der Waals surface area contributed by atoms with Crippen molar-refractivity contribution in [3.8, 4) is 0 Å². The van der Waals surface area contributed by atoms with Gasteiger partial charge in [0, 0.05) is 68.2 Å². The molecule has 22 nitrogen and oxygen atoms in total. The summed E-state index contributed by atoms with van der Waals surface area (Å²) in [5.74, 6) is -12.1. The topological polar surface area (TPSA) is 259 Å². The summed E-state index contributed by atoms with van der Waals surface area (Å²) in [6.07, 6.45) is -11.4. The molecule has 522 valence electrons. The van der Waals surface area contributed by atoms with Gasteiger partial charge in [-0.1, -0.05) is 68.2 Å². The molecule has 91 heavy (non-hydrogen) atoms. The highest BCUT2D eigenvalue weighted by Gasteiger charge is 2.48. The van der Waals surface area contributed by atoms with Crippen molar-refractivity contribution in [3.05, 3.63) is 0 Å². The Morgan fingerprint density at radius 1 is 0.560 bits per heavy atom. The van der Waals surface area contributed by atoms with E-state index in [2.05, 4.69) is 21.3 Å². The Bertz CT molecular complexity index is 2490. The Kier molecular flexibility index (Phi) is 32.2. The van der Waals surface area contributed by atoms with Crippen LogP contribution in [0.3, 0.4) is 0 Å². The van der Waals surface area contributed by atoms with Crippen LogP contribution in [0.4, 0.5) is 26.3 Å². The monoisotopic (exact) mass is 1310 g/mol. The lowest BCUT2D eigenvalue weighted by molar-refractivity contribution is -0.201. The number of halogens is 6. The number of likely N-dealkylation sites (N-methyl/N-ethyl adjacent to an activating group) is 7. The predicted molar refractivity (Wildman–Crippen MR) is 331 cm³/mol. The third kappa shape index (κ3) is 25.0. The average molecular weight is 1310 g/mol. The highest BCUT2D eigenvalue weighted by atomic mass is 19.4. The molecule has 1 aliphatic heterocycles. The number of hydrogen-bond donors (Lipinski definition) is 4. The summed E-state index contributed by atoms with van der Waals surface area (Å²) < 4.78 is 82.9. The minimum absolute atomic E-state index is 0.00562. The van der Waals surface area contributed by atoms with E-state index in [0.29, 0.717) is 6.42 Å². The first-order valence-corrected chi connectivity index (χ1v) is 32.0. The predicted octanol–water partition coefficient (Wildman–Crippen LogP) is 5.55. The van der Waals surface area contributed by atoms with Gasteiger partial charge in [0.05, 0.1) is 25.6 Å². The molecule has 11 amide bonds. The SMILES string of the molecule is CC[C@H](C)[C@@H]1NC(=O)[C@H](CC(C)C)N(C)C(=O)C[C@@H](C)NC(=O)[C@H](CC(C)C)N(C)C(=O)C(C)(C)NC(=O)[C@H](CC(C)C)N(C)C(=O)[C@H](CCC2CCC(C(F)(F)F)C(F)C2)NC(=O)CN(C)C(=O)[C@H](CCCCC(F)F)N(C)C(=O)CN(C)C(=O)CN(C)C1=O. The van der Waals surface area contributed by atoms with Crippen molar-refractivity contribution in [2.75, 3.05) is 69.0 Å². The number of alkyl halides is 6. The van der Waals surface area contributed by atoms with E-state index in [4.69, 9.17) is 0 Å². The highest BCUT2D eigenvalue weighted by molar-refractivity contribution is 5.98.